The van der Waals surface area contributed by atoms with E-state index >= 15 is 0 Å². The number of amides is 1. The van der Waals surface area contributed by atoms with E-state index in [0.717, 1.165) is 23.7 Å². The number of hydrazine groups is 1. The quantitative estimate of drug-likeness (QED) is 0.851. The molecule has 2 atom stereocenters. The Morgan fingerprint density at radius 3 is 2.95 bits per heavy atom. The van der Waals surface area contributed by atoms with Gasteiger partial charge in [-0.3, -0.25) is 10.2 Å². The lowest BCUT2D eigenvalue weighted by Crippen LogP contribution is -2.44. The Labute approximate surface area is 133 Å². The molecule has 1 fully saturated rings. The number of likely N-dealkylation sites (N-methyl/N-ethyl adjacent to an activating group) is 1. The van der Waals surface area contributed by atoms with Crippen LogP contribution in [0.3, 0.4) is 0 Å². The third-order valence-electron chi connectivity index (χ3n) is 3.71. The van der Waals surface area contributed by atoms with Crippen LogP contribution in [0.5, 0.6) is 0 Å². The highest BCUT2D eigenvalue weighted by Crippen LogP contribution is 2.18. The first-order valence-electron chi connectivity index (χ1n) is 7.21. The van der Waals surface area contributed by atoms with Gasteiger partial charge in [-0.25, -0.2) is 9.82 Å². The third-order valence-corrected chi connectivity index (χ3v) is 4.20. The molecule has 1 aliphatic rings. The Morgan fingerprint density at radius 2 is 2.24 bits per heavy atom. The normalized spacial score (nSPS) is 21.5. The SMILES string of the molecule is CCCC1CC(C(=O)N(C)Cc2cc(Br)ccc2F)NN1. The molecule has 4 nitrogen and oxygen atoms in total. The molecule has 1 aromatic carbocycles. The molecule has 0 aromatic heterocycles. The van der Waals surface area contributed by atoms with Crippen molar-refractivity contribution in [2.45, 2.75) is 44.8 Å². The molecule has 0 saturated carbocycles. The van der Waals surface area contributed by atoms with Crippen LogP contribution in [0.1, 0.15) is 31.7 Å². The molecule has 116 valence electrons. The summed E-state index contributed by atoms with van der Waals surface area (Å²) in [7, 11) is 1.71. The summed E-state index contributed by atoms with van der Waals surface area (Å²) in [6, 6.07) is 4.86. The van der Waals surface area contributed by atoms with E-state index in [9.17, 15) is 9.18 Å². The maximum Gasteiger partial charge on any atom is 0.241 e. The second-order valence-corrected chi connectivity index (χ2v) is 6.41. The summed E-state index contributed by atoms with van der Waals surface area (Å²) in [6.07, 6.45) is 2.90. The molecule has 1 aromatic rings. The van der Waals surface area contributed by atoms with Crippen LogP contribution in [0.4, 0.5) is 4.39 Å². The number of carbonyl (C=O) groups is 1. The van der Waals surface area contributed by atoms with E-state index in [0.29, 0.717) is 11.6 Å². The molecule has 0 aliphatic carbocycles. The molecular weight excluding hydrogens is 337 g/mol. The number of benzene rings is 1. The fourth-order valence-electron chi connectivity index (χ4n) is 2.59. The molecule has 1 heterocycles. The number of rotatable bonds is 5. The largest absolute Gasteiger partial charge is 0.340 e. The Hall–Kier alpha value is -0.980. The highest BCUT2D eigenvalue weighted by Gasteiger charge is 2.30. The highest BCUT2D eigenvalue weighted by atomic mass is 79.9. The van der Waals surface area contributed by atoms with Crippen molar-refractivity contribution in [1.82, 2.24) is 15.8 Å². The first kappa shape index (κ1) is 16.4. The van der Waals surface area contributed by atoms with Crippen LogP contribution in [0.25, 0.3) is 0 Å². The first-order chi connectivity index (χ1) is 10.0. The number of hydrogen-bond acceptors (Lipinski definition) is 3. The summed E-state index contributed by atoms with van der Waals surface area (Å²) in [5.41, 5.74) is 6.70. The monoisotopic (exact) mass is 357 g/mol. The lowest BCUT2D eigenvalue weighted by molar-refractivity contribution is -0.132. The number of nitrogens with one attached hydrogen (secondary N) is 2. The van der Waals surface area contributed by atoms with Crippen molar-refractivity contribution in [3.8, 4) is 0 Å². The van der Waals surface area contributed by atoms with Crippen LogP contribution < -0.4 is 10.9 Å². The zero-order valence-electron chi connectivity index (χ0n) is 12.3. The topological polar surface area (TPSA) is 44.4 Å². The lowest BCUT2D eigenvalue weighted by atomic mass is 10.1. The van der Waals surface area contributed by atoms with Crippen molar-refractivity contribution in [2.24, 2.45) is 0 Å². The van der Waals surface area contributed by atoms with Gasteiger partial charge in [0.25, 0.3) is 0 Å². The standard InChI is InChI=1S/C15H21BrFN3O/c1-3-4-12-8-14(19-18-12)15(21)20(2)9-10-7-11(16)5-6-13(10)17/h5-7,12,14,18-19H,3-4,8-9H2,1-2H3. The molecule has 1 aliphatic heterocycles. The van der Waals surface area contributed by atoms with E-state index in [1.54, 1.807) is 24.1 Å². The van der Waals surface area contributed by atoms with E-state index in [2.05, 4.69) is 33.7 Å². The second kappa shape index (κ2) is 7.33. The number of halogens is 2. The zero-order valence-corrected chi connectivity index (χ0v) is 13.9. The van der Waals surface area contributed by atoms with E-state index < -0.39 is 0 Å². The van der Waals surface area contributed by atoms with Crippen molar-refractivity contribution in [3.05, 3.63) is 34.1 Å². The van der Waals surface area contributed by atoms with Crippen molar-refractivity contribution in [2.75, 3.05) is 7.05 Å². The minimum Gasteiger partial charge on any atom is -0.340 e. The minimum atomic E-state index is -0.292. The fourth-order valence-corrected chi connectivity index (χ4v) is 2.99. The van der Waals surface area contributed by atoms with Gasteiger partial charge in [-0.15, -0.1) is 0 Å². The van der Waals surface area contributed by atoms with E-state index in [1.165, 1.54) is 6.07 Å². The highest BCUT2D eigenvalue weighted by molar-refractivity contribution is 9.10. The van der Waals surface area contributed by atoms with Gasteiger partial charge in [-0.1, -0.05) is 29.3 Å². The van der Waals surface area contributed by atoms with E-state index in [4.69, 9.17) is 0 Å². The summed E-state index contributed by atoms with van der Waals surface area (Å²) in [5, 5.41) is 0. The Bertz CT molecular complexity index is 512. The predicted octanol–water partition coefficient (Wildman–Crippen LogP) is 2.58. The van der Waals surface area contributed by atoms with Gasteiger partial charge in [-0.2, -0.15) is 0 Å². The summed E-state index contributed by atoms with van der Waals surface area (Å²) in [5.74, 6) is -0.306. The first-order valence-corrected chi connectivity index (χ1v) is 8.00. The Morgan fingerprint density at radius 1 is 1.48 bits per heavy atom. The molecule has 0 spiro atoms. The molecule has 2 unspecified atom stereocenters. The number of carbonyl (C=O) groups excluding carboxylic acids is 1. The van der Waals surface area contributed by atoms with Crippen LogP contribution in [-0.2, 0) is 11.3 Å². The van der Waals surface area contributed by atoms with Crippen LogP contribution >= 0.6 is 15.9 Å². The predicted molar refractivity (Wildman–Crippen MR) is 83.9 cm³/mol. The second-order valence-electron chi connectivity index (χ2n) is 5.49. The van der Waals surface area contributed by atoms with Crippen LogP contribution in [0, 0.1) is 5.82 Å². The van der Waals surface area contributed by atoms with Gasteiger partial charge in [0, 0.05) is 29.7 Å². The Kier molecular flexibility index (Phi) is 5.72. The summed E-state index contributed by atoms with van der Waals surface area (Å²) in [4.78, 5) is 14.0. The van der Waals surface area contributed by atoms with Crippen molar-refractivity contribution in [3.63, 3.8) is 0 Å². The maximum atomic E-state index is 13.7. The van der Waals surface area contributed by atoms with Crippen molar-refractivity contribution >= 4 is 21.8 Å². The minimum absolute atomic E-state index is 0.0134. The molecule has 0 radical (unpaired) electrons. The maximum absolute atomic E-state index is 13.7. The van der Waals surface area contributed by atoms with Gasteiger partial charge in [0.05, 0.1) is 0 Å². The molecule has 21 heavy (non-hydrogen) atoms. The van der Waals surface area contributed by atoms with E-state index in [1.807, 2.05) is 0 Å². The lowest BCUT2D eigenvalue weighted by Gasteiger charge is -2.21. The Balaban J connectivity index is 1.95. The van der Waals surface area contributed by atoms with Gasteiger partial charge in [0.15, 0.2) is 0 Å². The molecule has 1 saturated heterocycles. The molecule has 1 amide bonds. The van der Waals surface area contributed by atoms with Gasteiger partial charge in [0.1, 0.15) is 11.9 Å². The summed E-state index contributed by atoms with van der Waals surface area (Å²) < 4.78 is 14.6. The number of hydrogen-bond donors (Lipinski definition) is 2. The van der Waals surface area contributed by atoms with Gasteiger partial charge < -0.3 is 4.90 Å². The van der Waals surface area contributed by atoms with Gasteiger partial charge in [0.2, 0.25) is 5.91 Å². The fraction of sp³-hybridized carbons (Fsp3) is 0.533. The molecular formula is C15H21BrFN3O. The summed E-state index contributed by atoms with van der Waals surface area (Å²) >= 11 is 3.32. The van der Waals surface area contributed by atoms with Crippen LogP contribution in [0.2, 0.25) is 0 Å². The molecule has 6 heteroatoms. The average Bonchev–Trinajstić information content (AvgIpc) is 2.91. The van der Waals surface area contributed by atoms with E-state index in [-0.39, 0.29) is 24.3 Å². The molecule has 2 N–H and O–H groups in total. The van der Waals surface area contributed by atoms with Crippen LogP contribution in [0.15, 0.2) is 22.7 Å². The molecule has 0 bridgehead atoms. The third kappa shape index (κ3) is 4.25. The number of nitrogens with zero attached hydrogens (tertiary/aromatic N) is 1. The van der Waals surface area contributed by atoms with Crippen molar-refractivity contribution in [1.29, 1.82) is 0 Å². The average molecular weight is 358 g/mol. The summed E-state index contributed by atoms with van der Waals surface area (Å²) in [6.45, 7) is 2.39. The van der Waals surface area contributed by atoms with Gasteiger partial charge in [-0.05, 0) is 31.0 Å². The smallest absolute Gasteiger partial charge is 0.241 e. The molecule has 2 rings (SSSR count). The van der Waals surface area contributed by atoms with Crippen molar-refractivity contribution < 1.29 is 9.18 Å². The van der Waals surface area contributed by atoms with Crippen LogP contribution in [-0.4, -0.2) is 29.9 Å². The zero-order chi connectivity index (χ0) is 15.4. The van der Waals surface area contributed by atoms with Gasteiger partial charge >= 0.3 is 0 Å².